The van der Waals surface area contributed by atoms with Gasteiger partial charge in [0.1, 0.15) is 5.76 Å². The van der Waals surface area contributed by atoms with Crippen molar-refractivity contribution in [3.8, 4) is 17.2 Å². The molecule has 7 heteroatoms. The van der Waals surface area contributed by atoms with Crippen molar-refractivity contribution in [3.05, 3.63) is 35.5 Å². The Morgan fingerprint density at radius 3 is 2.93 bits per heavy atom. The van der Waals surface area contributed by atoms with E-state index in [4.69, 9.17) is 13.9 Å². The number of halogens is 1. The van der Waals surface area contributed by atoms with E-state index in [1.807, 2.05) is 6.92 Å². The minimum atomic E-state index is -0.396. The molecule has 0 aliphatic heterocycles. The molecule has 1 aromatic carbocycles. The highest BCUT2D eigenvalue weighted by molar-refractivity contribution is 5.73. The number of amides is 1. The molecule has 2 aliphatic rings. The SMILES string of the molecule is CC(=O)NC(C)COC1CCc2nc(-c3ccc(OCC4CC4)c(F)c3)oc2C1. The molecule has 2 aromatic rings. The normalized spacial score (nSPS) is 19.5. The minimum Gasteiger partial charge on any atom is -0.490 e. The molecule has 156 valence electrons. The van der Waals surface area contributed by atoms with Gasteiger partial charge < -0.3 is 19.2 Å². The Kier molecular flexibility index (Phi) is 5.85. The summed E-state index contributed by atoms with van der Waals surface area (Å²) in [6, 6.07) is 4.81. The first-order chi connectivity index (χ1) is 14.0. The Hall–Kier alpha value is -2.41. The summed E-state index contributed by atoms with van der Waals surface area (Å²) in [7, 11) is 0. The summed E-state index contributed by atoms with van der Waals surface area (Å²) in [4.78, 5) is 15.7. The van der Waals surface area contributed by atoms with Gasteiger partial charge in [-0.25, -0.2) is 9.37 Å². The van der Waals surface area contributed by atoms with Gasteiger partial charge in [0.15, 0.2) is 11.6 Å². The highest BCUT2D eigenvalue weighted by Gasteiger charge is 2.26. The Morgan fingerprint density at radius 1 is 1.38 bits per heavy atom. The summed E-state index contributed by atoms with van der Waals surface area (Å²) in [6.07, 6.45) is 4.57. The van der Waals surface area contributed by atoms with Crippen molar-refractivity contribution in [1.82, 2.24) is 10.3 Å². The van der Waals surface area contributed by atoms with Crippen molar-refractivity contribution in [2.45, 2.75) is 58.1 Å². The van der Waals surface area contributed by atoms with Crippen LogP contribution >= 0.6 is 0 Å². The van der Waals surface area contributed by atoms with E-state index in [2.05, 4.69) is 10.3 Å². The number of hydrogen-bond acceptors (Lipinski definition) is 5. The van der Waals surface area contributed by atoms with Crippen molar-refractivity contribution >= 4 is 5.91 Å². The Labute approximate surface area is 169 Å². The molecule has 1 saturated carbocycles. The van der Waals surface area contributed by atoms with Crippen LogP contribution in [0.15, 0.2) is 22.6 Å². The van der Waals surface area contributed by atoms with E-state index in [1.165, 1.54) is 25.8 Å². The highest BCUT2D eigenvalue weighted by Crippen LogP contribution is 2.33. The van der Waals surface area contributed by atoms with E-state index in [0.717, 1.165) is 24.3 Å². The Balaban J connectivity index is 1.37. The number of carbonyl (C=O) groups is 1. The average molecular weight is 402 g/mol. The number of aromatic nitrogens is 1. The molecule has 0 radical (unpaired) electrons. The van der Waals surface area contributed by atoms with Gasteiger partial charge in [-0.2, -0.15) is 0 Å². The van der Waals surface area contributed by atoms with Crippen LogP contribution in [0.2, 0.25) is 0 Å². The second-order valence-electron chi connectivity index (χ2n) is 8.09. The summed E-state index contributed by atoms with van der Waals surface area (Å²) < 4.78 is 31.8. The second kappa shape index (κ2) is 8.53. The number of rotatable bonds is 8. The van der Waals surface area contributed by atoms with Crippen LogP contribution in [0.25, 0.3) is 11.5 Å². The van der Waals surface area contributed by atoms with Crippen molar-refractivity contribution in [2.24, 2.45) is 5.92 Å². The molecule has 29 heavy (non-hydrogen) atoms. The third kappa shape index (κ3) is 5.15. The predicted octanol–water partition coefficient (Wildman–Crippen LogP) is 3.67. The Bertz CT molecular complexity index is 878. The Morgan fingerprint density at radius 2 is 2.21 bits per heavy atom. The third-order valence-electron chi connectivity index (χ3n) is 5.28. The highest BCUT2D eigenvalue weighted by atomic mass is 19.1. The summed E-state index contributed by atoms with van der Waals surface area (Å²) >= 11 is 0. The molecule has 2 aliphatic carbocycles. The van der Waals surface area contributed by atoms with Gasteiger partial charge in [-0.3, -0.25) is 4.79 Å². The van der Waals surface area contributed by atoms with E-state index in [9.17, 15) is 9.18 Å². The topological polar surface area (TPSA) is 73.6 Å². The van der Waals surface area contributed by atoms with Crippen molar-refractivity contribution < 1.29 is 23.1 Å². The smallest absolute Gasteiger partial charge is 0.226 e. The summed E-state index contributed by atoms with van der Waals surface area (Å²) in [5.74, 6) is 1.60. The first-order valence-electron chi connectivity index (χ1n) is 10.3. The van der Waals surface area contributed by atoms with Crippen LogP contribution in [0.3, 0.4) is 0 Å². The van der Waals surface area contributed by atoms with E-state index >= 15 is 0 Å². The van der Waals surface area contributed by atoms with Gasteiger partial charge in [-0.15, -0.1) is 0 Å². The summed E-state index contributed by atoms with van der Waals surface area (Å²) in [5.41, 5.74) is 1.51. The third-order valence-corrected chi connectivity index (χ3v) is 5.28. The molecular weight excluding hydrogens is 375 g/mol. The lowest BCUT2D eigenvalue weighted by atomic mass is 9.99. The molecule has 1 aromatic heterocycles. The number of fused-ring (bicyclic) bond motifs is 1. The number of aryl methyl sites for hydroxylation is 1. The maximum atomic E-state index is 14.4. The van der Waals surface area contributed by atoms with E-state index in [1.54, 1.807) is 12.1 Å². The fourth-order valence-electron chi connectivity index (χ4n) is 3.52. The van der Waals surface area contributed by atoms with Crippen molar-refractivity contribution in [2.75, 3.05) is 13.2 Å². The summed E-state index contributed by atoms with van der Waals surface area (Å²) in [5, 5.41) is 2.81. The van der Waals surface area contributed by atoms with E-state index in [-0.39, 0.29) is 23.8 Å². The van der Waals surface area contributed by atoms with E-state index < -0.39 is 5.82 Å². The van der Waals surface area contributed by atoms with E-state index in [0.29, 0.717) is 37.0 Å². The molecule has 1 heterocycles. The van der Waals surface area contributed by atoms with Crippen molar-refractivity contribution in [3.63, 3.8) is 0 Å². The zero-order valence-corrected chi connectivity index (χ0v) is 16.9. The van der Waals surface area contributed by atoms with Crippen LogP contribution in [0.5, 0.6) is 5.75 Å². The van der Waals surface area contributed by atoms with Crippen LogP contribution in [0.4, 0.5) is 4.39 Å². The van der Waals surface area contributed by atoms with Crippen molar-refractivity contribution in [1.29, 1.82) is 0 Å². The molecular formula is C22H27FN2O4. The molecule has 1 amide bonds. The molecule has 1 N–H and O–H groups in total. The molecule has 2 unspecified atom stereocenters. The summed E-state index contributed by atoms with van der Waals surface area (Å²) in [6.45, 7) is 4.43. The molecule has 0 spiro atoms. The molecule has 0 saturated heterocycles. The zero-order valence-electron chi connectivity index (χ0n) is 16.9. The molecule has 6 nitrogen and oxygen atoms in total. The van der Waals surface area contributed by atoms with Gasteiger partial charge in [0.25, 0.3) is 0 Å². The zero-order chi connectivity index (χ0) is 20.4. The second-order valence-corrected chi connectivity index (χ2v) is 8.09. The number of ether oxygens (including phenoxy) is 2. The first kappa shape index (κ1) is 19.9. The molecule has 0 bridgehead atoms. The first-order valence-corrected chi connectivity index (χ1v) is 10.3. The quantitative estimate of drug-likeness (QED) is 0.729. The lowest BCUT2D eigenvalue weighted by Gasteiger charge is -2.23. The van der Waals surface area contributed by atoms with Crippen LogP contribution in [-0.2, 0) is 22.4 Å². The van der Waals surface area contributed by atoms with Crippen LogP contribution in [0, 0.1) is 11.7 Å². The molecule has 4 rings (SSSR count). The number of nitrogens with one attached hydrogen (secondary N) is 1. The number of nitrogens with zero attached hydrogens (tertiary/aromatic N) is 1. The number of hydrogen-bond donors (Lipinski definition) is 1. The van der Waals surface area contributed by atoms with Gasteiger partial charge in [0.05, 0.1) is 25.0 Å². The number of oxazole rings is 1. The molecule has 2 atom stereocenters. The largest absolute Gasteiger partial charge is 0.490 e. The van der Waals surface area contributed by atoms with Gasteiger partial charge in [0.2, 0.25) is 11.8 Å². The van der Waals surface area contributed by atoms with Gasteiger partial charge >= 0.3 is 0 Å². The minimum absolute atomic E-state index is 0.0226. The monoisotopic (exact) mass is 402 g/mol. The van der Waals surface area contributed by atoms with Crippen LogP contribution in [-0.4, -0.2) is 36.3 Å². The maximum absolute atomic E-state index is 14.4. The standard InChI is InChI=1S/C22H27FN2O4/c1-13(24-14(2)26)11-27-17-6-7-19-21(10-17)29-22(25-19)16-5-8-20(18(23)9-16)28-12-15-3-4-15/h5,8-9,13,15,17H,3-4,6-7,10-12H2,1-2H3,(H,24,26). The van der Waals surface area contributed by atoms with Gasteiger partial charge in [0, 0.05) is 24.9 Å². The van der Waals surface area contributed by atoms with Crippen LogP contribution in [0.1, 0.15) is 44.6 Å². The fraction of sp³-hybridized carbons (Fsp3) is 0.545. The maximum Gasteiger partial charge on any atom is 0.226 e. The lowest BCUT2D eigenvalue weighted by Crippen LogP contribution is -2.36. The molecule has 1 fully saturated rings. The van der Waals surface area contributed by atoms with Crippen LogP contribution < -0.4 is 10.1 Å². The average Bonchev–Trinajstić information content (AvgIpc) is 3.41. The lowest BCUT2D eigenvalue weighted by molar-refractivity contribution is -0.120. The number of benzene rings is 1. The number of carbonyl (C=O) groups excluding carboxylic acids is 1. The predicted molar refractivity (Wildman–Crippen MR) is 105 cm³/mol. The van der Waals surface area contributed by atoms with Gasteiger partial charge in [-0.1, -0.05) is 0 Å². The van der Waals surface area contributed by atoms with Gasteiger partial charge in [-0.05, 0) is 56.7 Å². The fourth-order valence-corrected chi connectivity index (χ4v) is 3.52.